The number of ether oxygens (including phenoxy) is 1. The molecule has 1 saturated heterocycles. The number of benzene rings is 1. The second-order valence-electron chi connectivity index (χ2n) is 5.88. The molecule has 4 heteroatoms. The first kappa shape index (κ1) is 12.8. The predicted molar refractivity (Wildman–Crippen MR) is 74.9 cm³/mol. The molecule has 0 radical (unpaired) electrons. The van der Waals surface area contributed by atoms with Crippen LogP contribution >= 0.6 is 0 Å². The Kier molecular flexibility index (Phi) is 3.37. The van der Waals surface area contributed by atoms with Gasteiger partial charge in [0.15, 0.2) is 0 Å². The van der Waals surface area contributed by atoms with Crippen LogP contribution in [0.4, 0.5) is 5.69 Å². The number of nitrogens with zero attached hydrogens (tertiary/aromatic N) is 1. The molecule has 1 aliphatic carbocycles. The number of rotatable bonds is 3. The van der Waals surface area contributed by atoms with Crippen molar-refractivity contribution in [2.24, 2.45) is 11.8 Å². The highest BCUT2D eigenvalue weighted by atomic mass is 16.5. The summed E-state index contributed by atoms with van der Waals surface area (Å²) in [5.74, 6) is 1.97. The van der Waals surface area contributed by atoms with E-state index in [-0.39, 0.29) is 6.10 Å². The fraction of sp³-hybridized carbons (Fsp3) is 0.600. The van der Waals surface area contributed by atoms with Gasteiger partial charge in [0.2, 0.25) is 0 Å². The fourth-order valence-corrected chi connectivity index (χ4v) is 3.61. The normalized spacial score (nSPS) is 30.5. The van der Waals surface area contributed by atoms with Crippen molar-refractivity contribution in [3.05, 3.63) is 23.8 Å². The fourth-order valence-electron chi connectivity index (χ4n) is 3.61. The molecule has 104 valence electrons. The van der Waals surface area contributed by atoms with Crippen LogP contribution in [0, 0.1) is 11.8 Å². The van der Waals surface area contributed by atoms with Gasteiger partial charge in [0.05, 0.1) is 13.2 Å². The van der Waals surface area contributed by atoms with E-state index in [2.05, 4.69) is 4.90 Å². The van der Waals surface area contributed by atoms with Crippen LogP contribution in [0.25, 0.3) is 0 Å². The quantitative estimate of drug-likeness (QED) is 0.810. The summed E-state index contributed by atoms with van der Waals surface area (Å²) in [7, 11) is 1.66. The number of nitrogen functional groups attached to an aromatic ring is 1. The van der Waals surface area contributed by atoms with Gasteiger partial charge in [0.25, 0.3) is 0 Å². The lowest BCUT2D eigenvalue weighted by molar-refractivity contribution is 0.123. The highest BCUT2D eigenvalue weighted by molar-refractivity contribution is 5.47. The number of likely N-dealkylation sites (tertiary alicyclic amines) is 1. The van der Waals surface area contributed by atoms with Crippen LogP contribution in [0.5, 0.6) is 5.75 Å². The van der Waals surface area contributed by atoms with Gasteiger partial charge in [0.1, 0.15) is 5.75 Å². The van der Waals surface area contributed by atoms with Crippen LogP contribution < -0.4 is 10.5 Å². The van der Waals surface area contributed by atoms with Gasteiger partial charge in [-0.05, 0) is 36.5 Å². The number of hydrogen-bond donors (Lipinski definition) is 2. The molecule has 4 nitrogen and oxygen atoms in total. The summed E-state index contributed by atoms with van der Waals surface area (Å²) in [5, 5.41) is 9.94. The Balaban J connectivity index is 1.68. The summed E-state index contributed by atoms with van der Waals surface area (Å²) in [4.78, 5) is 2.42. The number of methoxy groups -OCH3 is 1. The molecule has 0 bridgehead atoms. The molecule has 2 aliphatic rings. The van der Waals surface area contributed by atoms with Crippen molar-refractivity contribution in [2.75, 3.05) is 25.9 Å². The van der Waals surface area contributed by atoms with Crippen molar-refractivity contribution < 1.29 is 9.84 Å². The maximum atomic E-state index is 9.94. The third-order valence-corrected chi connectivity index (χ3v) is 4.53. The molecule has 1 saturated carbocycles. The molecule has 1 aromatic rings. The minimum Gasteiger partial charge on any atom is -0.497 e. The summed E-state index contributed by atoms with van der Waals surface area (Å²) < 4.78 is 5.25. The van der Waals surface area contributed by atoms with E-state index in [1.807, 2.05) is 18.2 Å². The van der Waals surface area contributed by atoms with Gasteiger partial charge in [0, 0.05) is 37.3 Å². The number of aliphatic hydroxyl groups excluding tert-OH is 1. The minimum absolute atomic E-state index is 0.0922. The lowest BCUT2D eigenvalue weighted by atomic mass is 10.00. The van der Waals surface area contributed by atoms with E-state index in [1.54, 1.807) is 7.11 Å². The Morgan fingerprint density at radius 3 is 2.89 bits per heavy atom. The molecule has 19 heavy (non-hydrogen) atoms. The van der Waals surface area contributed by atoms with E-state index >= 15 is 0 Å². The third kappa shape index (κ3) is 2.55. The van der Waals surface area contributed by atoms with Gasteiger partial charge in [-0.2, -0.15) is 0 Å². The van der Waals surface area contributed by atoms with Crippen LogP contribution in [0.1, 0.15) is 18.4 Å². The molecule has 1 aliphatic heterocycles. The van der Waals surface area contributed by atoms with E-state index in [1.165, 1.54) is 12.0 Å². The molecule has 1 heterocycles. The summed E-state index contributed by atoms with van der Waals surface area (Å²) in [6, 6.07) is 5.89. The number of anilines is 1. The monoisotopic (exact) mass is 262 g/mol. The highest BCUT2D eigenvalue weighted by Crippen LogP contribution is 2.38. The third-order valence-electron chi connectivity index (χ3n) is 4.53. The van der Waals surface area contributed by atoms with Gasteiger partial charge < -0.3 is 15.6 Å². The zero-order chi connectivity index (χ0) is 13.4. The first-order valence-corrected chi connectivity index (χ1v) is 6.99. The van der Waals surface area contributed by atoms with Crippen LogP contribution in [-0.4, -0.2) is 36.3 Å². The average Bonchev–Trinajstić information content (AvgIpc) is 2.91. The van der Waals surface area contributed by atoms with Gasteiger partial charge in [-0.1, -0.05) is 0 Å². The molecule has 0 aromatic heterocycles. The molecule has 2 fully saturated rings. The molecule has 3 atom stereocenters. The maximum Gasteiger partial charge on any atom is 0.121 e. The second kappa shape index (κ2) is 5.02. The molecule has 3 N–H and O–H groups in total. The zero-order valence-corrected chi connectivity index (χ0v) is 11.4. The Morgan fingerprint density at radius 1 is 1.32 bits per heavy atom. The standard InChI is InChI=1S/C15H22N2O2/c1-19-13-5-10(4-12(16)6-13)7-17-8-11-2-3-15(18)14(11)9-17/h4-6,11,14-15,18H,2-3,7-9,16H2,1H3. The number of aliphatic hydroxyl groups is 1. The van der Waals surface area contributed by atoms with Gasteiger partial charge in [-0.15, -0.1) is 0 Å². The Labute approximate surface area is 114 Å². The highest BCUT2D eigenvalue weighted by Gasteiger charge is 2.41. The zero-order valence-electron chi connectivity index (χ0n) is 11.4. The van der Waals surface area contributed by atoms with Crippen molar-refractivity contribution in [3.63, 3.8) is 0 Å². The van der Waals surface area contributed by atoms with Gasteiger partial charge >= 0.3 is 0 Å². The molecular weight excluding hydrogens is 240 g/mol. The lowest BCUT2D eigenvalue weighted by Crippen LogP contribution is -2.24. The van der Waals surface area contributed by atoms with Crippen LogP contribution in [0.15, 0.2) is 18.2 Å². The number of hydrogen-bond acceptors (Lipinski definition) is 4. The first-order chi connectivity index (χ1) is 9.15. The smallest absolute Gasteiger partial charge is 0.121 e. The molecular formula is C15H22N2O2. The molecule has 0 amide bonds. The van der Waals surface area contributed by atoms with Crippen LogP contribution in [-0.2, 0) is 6.54 Å². The van der Waals surface area contributed by atoms with E-state index in [4.69, 9.17) is 10.5 Å². The van der Waals surface area contributed by atoms with E-state index in [9.17, 15) is 5.11 Å². The summed E-state index contributed by atoms with van der Waals surface area (Å²) >= 11 is 0. The Bertz CT molecular complexity index is 463. The van der Waals surface area contributed by atoms with E-state index in [0.29, 0.717) is 11.8 Å². The Morgan fingerprint density at radius 2 is 2.16 bits per heavy atom. The van der Waals surface area contributed by atoms with Gasteiger partial charge in [-0.3, -0.25) is 4.90 Å². The SMILES string of the molecule is COc1cc(N)cc(CN2CC3CCC(O)C3C2)c1. The van der Waals surface area contributed by atoms with E-state index in [0.717, 1.165) is 37.5 Å². The van der Waals surface area contributed by atoms with Crippen molar-refractivity contribution in [1.29, 1.82) is 0 Å². The van der Waals surface area contributed by atoms with Gasteiger partial charge in [-0.25, -0.2) is 0 Å². The molecule has 0 spiro atoms. The predicted octanol–water partition coefficient (Wildman–Crippen LogP) is 1.48. The number of nitrogens with two attached hydrogens (primary N) is 1. The molecule has 3 rings (SSSR count). The second-order valence-corrected chi connectivity index (χ2v) is 5.88. The minimum atomic E-state index is -0.0922. The van der Waals surface area contributed by atoms with Crippen molar-refractivity contribution in [2.45, 2.75) is 25.5 Å². The lowest BCUT2D eigenvalue weighted by Gasteiger charge is -2.18. The van der Waals surface area contributed by atoms with Crippen LogP contribution in [0.3, 0.4) is 0 Å². The van der Waals surface area contributed by atoms with Crippen molar-refractivity contribution in [3.8, 4) is 5.75 Å². The largest absolute Gasteiger partial charge is 0.497 e. The summed E-state index contributed by atoms with van der Waals surface area (Å²) in [5.41, 5.74) is 7.82. The first-order valence-electron chi connectivity index (χ1n) is 6.99. The maximum absolute atomic E-state index is 9.94. The van der Waals surface area contributed by atoms with Crippen LogP contribution in [0.2, 0.25) is 0 Å². The Hall–Kier alpha value is -1.26. The number of fused-ring (bicyclic) bond motifs is 1. The topological polar surface area (TPSA) is 58.7 Å². The average molecular weight is 262 g/mol. The summed E-state index contributed by atoms with van der Waals surface area (Å²) in [6.07, 6.45) is 2.06. The van der Waals surface area contributed by atoms with Crippen molar-refractivity contribution in [1.82, 2.24) is 4.90 Å². The molecule has 1 aromatic carbocycles. The van der Waals surface area contributed by atoms with E-state index < -0.39 is 0 Å². The molecule has 3 unspecified atom stereocenters. The summed E-state index contributed by atoms with van der Waals surface area (Å²) in [6.45, 7) is 2.99. The van der Waals surface area contributed by atoms with Crippen molar-refractivity contribution >= 4 is 5.69 Å².